The first kappa shape index (κ1) is 20.5. The van der Waals surface area contributed by atoms with E-state index in [1.807, 2.05) is 58.3 Å². The number of hydrogen-bond acceptors (Lipinski definition) is 3. The Labute approximate surface area is 182 Å². The van der Waals surface area contributed by atoms with Crippen molar-refractivity contribution in [3.05, 3.63) is 59.1 Å². The largest absolute Gasteiger partial charge is 0.368 e. The summed E-state index contributed by atoms with van der Waals surface area (Å²) in [6, 6.07) is 15.5. The van der Waals surface area contributed by atoms with Gasteiger partial charge in [0.1, 0.15) is 0 Å². The number of amides is 3. The Morgan fingerprint density at radius 3 is 2.53 bits per heavy atom. The van der Waals surface area contributed by atoms with Crippen molar-refractivity contribution < 1.29 is 9.59 Å². The Hall–Kier alpha value is -2.73. The lowest BCUT2D eigenvalue weighted by Crippen LogP contribution is -2.50. The number of halogens is 1. The SMILES string of the molecule is O=C1CCCCN1Cc1cccc(NC(=O)N2CCN(c3cccc(Cl)c3)CC2)c1. The van der Waals surface area contributed by atoms with Crippen LogP contribution in [0.2, 0.25) is 5.02 Å². The normalized spacial score (nSPS) is 17.2. The van der Waals surface area contributed by atoms with E-state index in [1.54, 1.807) is 0 Å². The molecule has 0 radical (unpaired) electrons. The summed E-state index contributed by atoms with van der Waals surface area (Å²) in [5.74, 6) is 0.216. The van der Waals surface area contributed by atoms with Crippen molar-refractivity contribution in [1.29, 1.82) is 0 Å². The van der Waals surface area contributed by atoms with Gasteiger partial charge in [-0.05, 0) is 48.7 Å². The first-order valence-corrected chi connectivity index (χ1v) is 10.9. The monoisotopic (exact) mass is 426 g/mol. The number of carbonyl (C=O) groups excluding carboxylic acids is 2. The maximum absolute atomic E-state index is 12.7. The molecule has 30 heavy (non-hydrogen) atoms. The predicted molar refractivity (Wildman–Crippen MR) is 120 cm³/mol. The maximum atomic E-state index is 12.7. The Balaban J connectivity index is 1.31. The van der Waals surface area contributed by atoms with Gasteiger partial charge in [-0.2, -0.15) is 0 Å². The third kappa shape index (κ3) is 5.05. The van der Waals surface area contributed by atoms with E-state index in [1.165, 1.54) is 0 Å². The molecule has 2 aromatic carbocycles. The van der Waals surface area contributed by atoms with Gasteiger partial charge < -0.3 is 20.0 Å². The lowest BCUT2D eigenvalue weighted by atomic mass is 10.1. The van der Waals surface area contributed by atoms with Gasteiger partial charge in [0, 0.05) is 62.1 Å². The Morgan fingerprint density at radius 2 is 1.77 bits per heavy atom. The second-order valence-corrected chi connectivity index (χ2v) is 8.29. The number of hydrogen-bond donors (Lipinski definition) is 1. The van der Waals surface area contributed by atoms with E-state index in [-0.39, 0.29) is 11.9 Å². The Kier molecular flexibility index (Phi) is 6.43. The van der Waals surface area contributed by atoms with Crippen molar-refractivity contribution >= 4 is 34.9 Å². The molecule has 2 fully saturated rings. The summed E-state index contributed by atoms with van der Waals surface area (Å²) in [4.78, 5) is 30.8. The van der Waals surface area contributed by atoms with Gasteiger partial charge in [-0.1, -0.05) is 29.8 Å². The van der Waals surface area contributed by atoms with Gasteiger partial charge in [0.15, 0.2) is 0 Å². The number of piperazine rings is 1. The summed E-state index contributed by atoms with van der Waals surface area (Å²) in [5, 5.41) is 3.73. The predicted octanol–water partition coefficient (Wildman–Crippen LogP) is 4.21. The van der Waals surface area contributed by atoms with Crippen LogP contribution < -0.4 is 10.2 Å². The van der Waals surface area contributed by atoms with Gasteiger partial charge in [-0.3, -0.25) is 4.79 Å². The highest BCUT2D eigenvalue weighted by atomic mass is 35.5. The first-order valence-electron chi connectivity index (χ1n) is 10.5. The minimum absolute atomic E-state index is 0.0908. The molecule has 2 aliphatic heterocycles. The average Bonchev–Trinajstić information content (AvgIpc) is 2.76. The second kappa shape index (κ2) is 9.39. The van der Waals surface area contributed by atoms with Crippen LogP contribution in [-0.2, 0) is 11.3 Å². The van der Waals surface area contributed by atoms with Gasteiger partial charge in [-0.25, -0.2) is 4.79 Å². The molecular weight excluding hydrogens is 400 g/mol. The molecule has 0 aromatic heterocycles. The molecule has 3 amide bonds. The van der Waals surface area contributed by atoms with Crippen molar-refractivity contribution in [2.75, 3.05) is 42.9 Å². The van der Waals surface area contributed by atoms with E-state index in [9.17, 15) is 9.59 Å². The molecule has 2 heterocycles. The zero-order valence-electron chi connectivity index (χ0n) is 17.0. The summed E-state index contributed by atoms with van der Waals surface area (Å²) >= 11 is 6.09. The van der Waals surface area contributed by atoms with Crippen LogP contribution in [-0.4, -0.2) is 54.5 Å². The molecule has 0 unspecified atom stereocenters. The van der Waals surface area contributed by atoms with Crippen molar-refractivity contribution in [2.24, 2.45) is 0 Å². The smallest absolute Gasteiger partial charge is 0.321 e. The quantitative estimate of drug-likeness (QED) is 0.796. The van der Waals surface area contributed by atoms with Gasteiger partial charge in [0.2, 0.25) is 5.91 Å². The fraction of sp³-hybridized carbons (Fsp3) is 0.391. The molecule has 0 aliphatic carbocycles. The van der Waals surface area contributed by atoms with Gasteiger partial charge in [-0.15, -0.1) is 0 Å². The van der Waals surface area contributed by atoms with E-state index in [0.29, 0.717) is 26.1 Å². The molecule has 2 aromatic rings. The van der Waals surface area contributed by atoms with Crippen LogP contribution in [0.5, 0.6) is 0 Å². The molecule has 7 heteroatoms. The lowest BCUT2D eigenvalue weighted by Gasteiger charge is -2.36. The Morgan fingerprint density at radius 1 is 0.967 bits per heavy atom. The fourth-order valence-electron chi connectivity index (χ4n) is 4.04. The highest BCUT2D eigenvalue weighted by molar-refractivity contribution is 6.30. The van der Waals surface area contributed by atoms with E-state index in [0.717, 1.165) is 54.4 Å². The number of nitrogens with one attached hydrogen (secondary N) is 1. The van der Waals surface area contributed by atoms with E-state index in [4.69, 9.17) is 11.6 Å². The van der Waals surface area contributed by atoms with Crippen molar-refractivity contribution in [1.82, 2.24) is 9.80 Å². The lowest BCUT2D eigenvalue weighted by molar-refractivity contribution is -0.133. The molecule has 0 saturated carbocycles. The summed E-state index contributed by atoms with van der Waals surface area (Å²) in [7, 11) is 0. The molecule has 0 bridgehead atoms. The van der Waals surface area contributed by atoms with Crippen LogP contribution in [0.3, 0.4) is 0 Å². The van der Waals surface area contributed by atoms with Crippen LogP contribution >= 0.6 is 11.6 Å². The van der Waals surface area contributed by atoms with Crippen LogP contribution in [0.15, 0.2) is 48.5 Å². The summed E-state index contributed by atoms with van der Waals surface area (Å²) in [6.07, 6.45) is 2.68. The number of urea groups is 1. The topological polar surface area (TPSA) is 55.9 Å². The zero-order chi connectivity index (χ0) is 20.9. The first-order chi connectivity index (χ1) is 14.6. The summed E-state index contributed by atoms with van der Waals surface area (Å²) in [5.41, 5.74) is 2.88. The highest BCUT2D eigenvalue weighted by Crippen LogP contribution is 2.21. The van der Waals surface area contributed by atoms with Crippen molar-refractivity contribution in [3.63, 3.8) is 0 Å². The third-order valence-electron chi connectivity index (χ3n) is 5.71. The van der Waals surface area contributed by atoms with E-state index in [2.05, 4.69) is 10.2 Å². The molecule has 2 aliphatic rings. The highest BCUT2D eigenvalue weighted by Gasteiger charge is 2.22. The third-order valence-corrected chi connectivity index (χ3v) is 5.95. The molecule has 0 atom stereocenters. The van der Waals surface area contributed by atoms with Gasteiger partial charge >= 0.3 is 6.03 Å². The minimum Gasteiger partial charge on any atom is -0.368 e. The standard InChI is InChI=1S/C23H27ClN4O2/c24-19-6-4-8-21(16-19)26-11-13-27(14-12-26)23(30)25-20-7-3-5-18(15-20)17-28-10-2-1-9-22(28)29/h3-8,15-16H,1-2,9-14,17H2,(H,25,30). The number of piperidine rings is 1. The average molecular weight is 427 g/mol. The second-order valence-electron chi connectivity index (χ2n) is 7.86. The molecule has 1 N–H and O–H groups in total. The number of rotatable bonds is 4. The number of benzene rings is 2. The van der Waals surface area contributed by atoms with E-state index >= 15 is 0 Å². The zero-order valence-corrected chi connectivity index (χ0v) is 17.8. The maximum Gasteiger partial charge on any atom is 0.321 e. The van der Waals surface area contributed by atoms with Crippen molar-refractivity contribution in [3.8, 4) is 0 Å². The van der Waals surface area contributed by atoms with Crippen LogP contribution in [0, 0.1) is 0 Å². The molecule has 4 rings (SSSR count). The van der Waals surface area contributed by atoms with Crippen LogP contribution in [0.1, 0.15) is 24.8 Å². The minimum atomic E-state index is -0.0908. The molecule has 6 nitrogen and oxygen atoms in total. The molecule has 0 spiro atoms. The molecule has 2 saturated heterocycles. The van der Waals surface area contributed by atoms with Gasteiger partial charge in [0.05, 0.1) is 0 Å². The van der Waals surface area contributed by atoms with Crippen molar-refractivity contribution in [2.45, 2.75) is 25.8 Å². The molecule has 158 valence electrons. The summed E-state index contributed by atoms with van der Waals surface area (Å²) in [6.45, 7) is 4.25. The number of anilines is 2. The van der Waals surface area contributed by atoms with Gasteiger partial charge in [0.25, 0.3) is 0 Å². The number of nitrogens with zero attached hydrogens (tertiary/aromatic N) is 3. The van der Waals surface area contributed by atoms with Crippen LogP contribution in [0.4, 0.5) is 16.2 Å². The summed E-state index contributed by atoms with van der Waals surface area (Å²) < 4.78 is 0. The Bertz CT molecular complexity index is 912. The van der Waals surface area contributed by atoms with Crippen LogP contribution in [0.25, 0.3) is 0 Å². The van der Waals surface area contributed by atoms with E-state index < -0.39 is 0 Å². The number of carbonyl (C=O) groups is 2. The fourth-order valence-corrected chi connectivity index (χ4v) is 4.22. The molecular formula is C23H27ClN4O2. The number of likely N-dealkylation sites (tertiary alicyclic amines) is 1.